The third kappa shape index (κ3) is 1.44. The van der Waals surface area contributed by atoms with Gasteiger partial charge in [-0.05, 0) is 24.0 Å². The van der Waals surface area contributed by atoms with Gasteiger partial charge in [0.1, 0.15) is 6.04 Å². The van der Waals surface area contributed by atoms with Crippen molar-refractivity contribution < 1.29 is 14.7 Å². The van der Waals surface area contributed by atoms with Crippen LogP contribution < -0.4 is 4.90 Å². The third-order valence-corrected chi connectivity index (χ3v) is 3.56. The smallest absolute Gasteiger partial charge is 0.327 e. The highest BCUT2D eigenvalue weighted by molar-refractivity contribution is 6.03. The Labute approximate surface area is 98.9 Å². The summed E-state index contributed by atoms with van der Waals surface area (Å²) in [5.41, 5.74) is 2.96. The summed E-state index contributed by atoms with van der Waals surface area (Å²) in [5.74, 6) is -0.969. The summed E-state index contributed by atoms with van der Waals surface area (Å²) in [7, 11) is 0. The standard InChI is InChI=1S/C13H13NO3/c15-11-6-2-4-8-3-1-5-9-7-10(13(16)17)14(11)12(8)9/h1,3,5,10H,2,4,6-7H2,(H,16,17)/t10-/m0/s1. The van der Waals surface area contributed by atoms with Gasteiger partial charge in [-0.25, -0.2) is 4.79 Å². The zero-order valence-corrected chi connectivity index (χ0v) is 9.35. The van der Waals surface area contributed by atoms with Crippen molar-refractivity contribution in [2.45, 2.75) is 31.7 Å². The largest absolute Gasteiger partial charge is 0.480 e. The number of amides is 1. The molecule has 1 aromatic rings. The van der Waals surface area contributed by atoms with E-state index in [2.05, 4.69) is 0 Å². The van der Waals surface area contributed by atoms with E-state index in [4.69, 9.17) is 0 Å². The monoisotopic (exact) mass is 231 g/mol. The SMILES string of the molecule is O=C(O)[C@@H]1Cc2cccc3c2N1C(=O)CCC3. The summed E-state index contributed by atoms with van der Waals surface area (Å²) in [4.78, 5) is 24.8. The van der Waals surface area contributed by atoms with Crippen molar-refractivity contribution in [3.8, 4) is 0 Å². The van der Waals surface area contributed by atoms with E-state index in [0.29, 0.717) is 12.8 Å². The molecule has 2 heterocycles. The summed E-state index contributed by atoms with van der Waals surface area (Å²) in [5, 5.41) is 9.22. The van der Waals surface area contributed by atoms with Crippen LogP contribution in [0.2, 0.25) is 0 Å². The molecule has 0 fully saturated rings. The number of benzene rings is 1. The van der Waals surface area contributed by atoms with Gasteiger partial charge in [-0.3, -0.25) is 9.69 Å². The predicted molar refractivity (Wildman–Crippen MR) is 62.0 cm³/mol. The number of para-hydroxylation sites is 1. The molecule has 0 aromatic heterocycles. The summed E-state index contributed by atoms with van der Waals surface area (Å²) in [6.45, 7) is 0. The first-order valence-corrected chi connectivity index (χ1v) is 5.84. The average molecular weight is 231 g/mol. The topological polar surface area (TPSA) is 57.6 Å². The summed E-state index contributed by atoms with van der Waals surface area (Å²) < 4.78 is 0. The van der Waals surface area contributed by atoms with Gasteiger partial charge >= 0.3 is 5.97 Å². The lowest BCUT2D eigenvalue weighted by atomic mass is 10.0. The molecule has 4 heteroatoms. The van der Waals surface area contributed by atoms with Gasteiger partial charge in [-0.1, -0.05) is 18.2 Å². The molecule has 0 unspecified atom stereocenters. The van der Waals surface area contributed by atoms with Crippen molar-refractivity contribution in [1.29, 1.82) is 0 Å². The van der Waals surface area contributed by atoms with Gasteiger partial charge in [0.25, 0.3) is 0 Å². The van der Waals surface area contributed by atoms with Crippen molar-refractivity contribution >= 4 is 17.6 Å². The lowest BCUT2D eigenvalue weighted by Crippen LogP contribution is -2.42. The molecule has 88 valence electrons. The maximum Gasteiger partial charge on any atom is 0.327 e. The molecule has 3 rings (SSSR count). The van der Waals surface area contributed by atoms with Gasteiger partial charge in [0.05, 0.1) is 5.69 Å². The molecule has 1 amide bonds. The van der Waals surface area contributed by atoms with Crippen LogP contribution in [0.5, 0.6) is 0 Å². The molecule has 0 saturated carbocycles. The van der Waals surface area contributed by atoms with E-state index in [1.807, 2.05) is 18.2 Å². The first-order valence-electron chi connectivity index (χ1n) is 5.84. The van der Waals surface area contributed by atoms with Gasteiger partial charge < -0.3 is 5.11 Å². The van der Waals surface area contributed by atoms with Crippen molar-refractivity contribution in [2.75, 3.05) is 4.90 Å². The number of carbonyl (C=O) groups is 2. The molecule has 2 aliphatic rings. The second-order valence-corrected chi connectivity index (χ2v) is 4.60. The first kappa shape index (κ1) is 10.3. The van der Waals surface area contributed by atoms with Crippen LogP contribution in [0.3, 0.4) is 0 Å². The lowest BCUT2D eigenvalue weighted by molar-refractivity contribution is -0.139. The second kappa shape index (κ2) is 3.58. The molecule has 1 N–H and O–H groups in total. The number of carboxylic acids is 1. The number of hydrogen-bond donors (Lipinski definition) is 1. The van der Waals surface area contributed by atoms with Crippen LogP contribution in [-0.4, -0.2) is 23.0 Å². The highest BCUT2D eigenvalue weighted by atomic mass is 16.4. The van der Waals surface area contributed by atoms with E-state index in [0.717, 1.165) is 29.7 Å². The van der Waals surface area contributed by atoms with Crippen molar-refractivity contribution in [3.05, 3.63) is 29.3 Å². The molecule has 0 bridgehead atoms. The molecule has 0 saturated heterocycles. The van der Waals surface area contributed by atoms with Crippen LogP contribution >= 0.6 is 0 Å². The number of rotatable bonds is 1. The van der Waals surface area contributed by atoms with Crippen LogP contribution in [0.1, 0.15) is 24.0 Å². The molecule has 0 radical (unpaired) electrons. The first-order chi connectivity index (χ1) is 8.18. The van der Waals surface area contributed by atoms with Crippen LogP contribution in [0.4, 0.5) is 5.69 Å². The average Bonchev–Trinajstić information content (AvgIpc) is 2.60. The van der Waals surface area contributed by atoms with E-state index in [9.17, 15) is 14.7 Å². The Balaban J connectivity index is 2.17. The lowest BCUT2D eigenvalue weighted by Gasteiger charge is -2.22. The summed E-state index contributed by atoms with van der Waals surface area (Å²) in [6, 6.07) is 5.16. The highest BCUT2D eigenvalue weighted by Crippen LogP contribution is 2.38. The Bertz CT molecular complexity index is 509. The Kier molecular flexibility index (Phi) is 2.18. The van der Waals surface area contributed by atoms with Crippen LogP contribution in [-0.2, 0) is 22.4 Å². The van der Waals surface area contributed by atoms with E-state index < -0.39 is 12.0 Å². The number of aryl methyl sites for hydroxylation is 1. The minimum Gasteiger partial charge on any atom is -0.480 e. The number of carboxylic acid groups (broad SMARTS) is 1. The number of hydrogen-bond acceptors (Lipinski definition) is 2. The Morgan fingerprint density at radius 3 is 2.82 bits per heavy atom. The number of anilines is 1. The van der Waals surface area contributed by atoms with Crippen molar-refractivity contribution in [2.24, 2.45) is 0 Å². The maximum absolute atomic E-state index is 12.0. The van der Waals surface area contributed by atoms with Gasteiger partial charge in [0, 0.05) is 12.8 Å². The van der Waals surface area contributed by atoms with E-state index in [1.54, 1.807) is 0 Å². The molecule has 0 aliphatic carbocycles. The zero-order chi connectivity index (χ0) is 12.0. The van der Waals surface area contributed by atoms with Gasteiger partial charge in [0.15, 0.2) is 0 Å². The minimum atomic E-state index is -0.914. The van der Waals surface area contributed by atoms with Crippen LogP contribution in [0.25, 0.3) is 0 Å². The molecule has 4 nitrogen and oxygen atoms in total. The molecule has 1 atom stereocenters. The quantitative estimate of drug-likeness (QED) is 0.794. The number of nitrogens with zero attached hydrogens (tertiary/aromatic N) is 1. The molecule has 0 spiro atoms. The molecule has 2 aliphatic heterocycles. The zero-order valence-electron chi connectivity index (χ0n) is 9.35. The van der Waals surface area contributed by atoms with Crippen LogP contribution in [0.15, 0.2) is 18.2 Å². The summed E-state index contributed by atoms with van der Waals surface area (Å²) >= 11 is 0. The van der Waals surface area contributed by atoms with Crippen LogP contribution in [0, 0.1) is 0 Å². The Hall–Kier alpha value is -1.84. The normalized spacial score (nSPS) is 22.2. The number of aliphatic carboxylic acids is 1. The predicted octanol–water partition coefficient (Wildman–Crippen LogP) is 1.37. The molecule has 17 heavy (non-hydrogen) atoms. The van der Waals surface area contributed by atoms with Gasteiger partial charge in [0.2, 0.25) is 5.91 Å². The Morgan fingerprint density at radius 2 is 2.06 bits per heavy atom. The van der Waals surface area contributed by atoms with Gasteiger partial charge in [-0.15, -0.1) is 0 Å². The second-order valence-electron chi connectivity index (χ2n) is 4.60. The fraction of sp³-hybridized carbons (Fsp3) is 0.385. The third-order valence-electron chi connectivity index (χ3n) is 3.56. The van der Waals surface area contributed by atoms with Crippen molar-refractivity contribution in [1.82, 2.24) is 0 Å². The molecular weight excluding hydrogens is 218 g/mol. The fourth-order valence-corrected chi connectivity index (χ4v) is 2.82. The van der Waals surface area contributed by atoms with Crippen molar-refractivity contribution in [3.63, 3.8) is 0 Å². The maximum atomic E-state index is 12.0. The van der Waals surface area contributed by atoms with E-state index in [1.165, 1.54) is 4.90 Å². The Morgan fingerprint density at radius 1 is 1.29 bits per heavy atom. The number of carbonyl (C=O) groups excluding carboxylic acids is 1. The minimum absolute atomic E-state index is 0.0545. The molecular formula is C13H13NO3. The highest BCUT2D eigenvalue weighted by Gasteiger charge is 2.40. The molecule has 1 aromatic carbocycles. The van der Waals surface area contributed by atoms with E-state index >= 15 is 0 Å². The fourth-order valence-electron chi connectivity index (χ4n) is 2.82. The van der Waals surface area contributed by atoms with Gasteiger partial charge in [-0.2, -0.15) is 0 Å². The van der Waals surface area contributed by atoms with E-state index in [-0.39, 0.29) is 5.91 Å². The summed E-state index contributed by atoms with van der Waals surface area (Å²) in [6.07, 6.45) is 2.54.